The molecule has 0 radical (unpaired) electrons. The number of aromatic nitrogens is 1. The molecule has 0 spiro atoms. The fourth-order valence-electron chi connectivity index (χ4n) is 3.72. The molecule has 1 saturated heterocycles. The fraction of sp³-hybridized carbons (Fsp3) is 0.292. The number of amides is 1. The summed E-state index contributed by atoms with van der Waals surface area (Å²) in [6.07, 6.45) is 1.16. The van der Waals surface area contributed by atoms with Gasteiger partial charge in [-0.3, -0.25) is 4.79 Å². The fourth-order valence-corrected chi connectivity index (χ4v) is 3.72. The summed E-state index contributed by atoms with van der Waals surface area (Å²) in [5, 5.41) is 0.695. The van der Waals surface area contributed by atoms with Crippen molar-refractivity contribution in [3.8, 4) is 17.0 Å². The van der Waals surface area contributed by atoms with Crippen molar-refractivity contribution in [2.75, 3.05) is 20.2 Å². The van der Waals surface area contributed by atoms with E-state index in [9.17, 15) is 9.59 Å². The Bertz CT molecular complexity index is 1070. The third-order valence-corrected chi connectivity index (χ3v) is 5.37. The van der Waals surface area contributed by atoms with Crippen molar-refractivity contribution >= 4 is 22.8 Å². The van der Waals surface area contributed by atoms with Gasteiger partial charge in [0.05, 0.1) is 23.9 Å². The Hall–Kier alpha value is -3.41. The highest BCUT2D eigenvalue weighted by atomic mass is 16.5. The number of rotatable bonds is 5. The number of methoxy groups -OCH3 is 1. The third kappa shape index (κ3) is 3.99. The highest BCUT2D eigenvalue weighted by Crippen LogP contribution is 2.27. The van der Waals surface area contributed by atoms with Gasteiger partial charge in [-0.05, 0) is 56.2 Å². The molecule has 1 atom stereocenters. The first kappa shape index (κ1) is 19.9. The van der Waals surface area contributed by atoms with E-state index in [1.54, 1.807) is 25.0 Å². The molecule has 0 saturated carbocycles. The van der Waals surface area contributed by atoms with Gasteiger partial charge in [0.2, 0.25) is 0 Å². The molecule has 3 aromatic rings. The molecule has 4 rings (SSSR count). The van der Waals surface area contributed by atoms with Gasteiger partial charge in [0.1, 0.15) is 5.75 Å². The normalized spacial score (nSPS) is 14.5. The summed E-state index contributed by atoms with van der Waals surface area (Å²) >= 11 is 0. The van der Waals surface area contributed by atoms with Crippen LogP contribution in [0.25, 0.3) is 22.2 Å². The van der Waals surface area contributed by atoms with Crippen molar-refractivity contribution < 1.29 is 19.1 Å². The zero-order valence-electron chi connectivity index (χ0n) is 17.1. The summed E-state index contributed by atoms with van der Waals surface area (Å²) in [5.41, 5.74) is 2.60. The van der Waals surface area contributed by atoms with Crippen molar-refractivity contribution in [3.05, 3.63) is 60.2 Å². The standard InChI is InChI=1S/C24H24N2O4/c1-16(23(27)26-13-5-6-14-26)30-24(28)20-15-22(17-9-11-18(29-2)12-10-17)25-21-8-4-3-7-19(20)21/h3-4,7-12,15-16H,5-6,13-14H2,1-2H3/t16-/m0/s1. The van der Waals surface area contributed by atoms with Gasteiger partial charge in [-0.15, -0.1) is 0 Å². The van der Waals surface area contributed by atoms with E-state index < -0.39 is 12.1 Å². The van der Waals surface area contributed by atoms with Gasteiger partial charge in [0.25, 0.3) is 5.91 Å². The van der Waals surface area contributed by atoms with Crippen LogP contribution in [-0.2, 0) is 9.53 Å². The third-order valence-electron chi connectivity index (χ3n) is 5.37. The van der Waals surface area contributed by atoms with Gasteiger partial charge < -0.3 is 14.4 Å². The number of nitrogens with zero attached hydrogens (tertiary/aromatic N) is 2. The highest BCUT2D eigenvalue weighted by Gasteiger charge is 2.27. The SMILES string of the molecule is COc1ccc(-c2cc(C(=O)O[C@@H](C)C(=O)N3CCCC3)c3ccccc3n2)cc1. The molecule has 6 heteroatoms. The Kier molecular flexibility index (Phi) is 5.65. The second-order valence-corrected chi connectivity index (χ2v) is 7.38. The van der Waals surface area contributed by atoms with Gasteiger partial charge in [0, 0.05) is 24.0 Å². The van der Waals surface area contributed by atoms with Crippen LogP contribution in [0.5, 0.6) is 5.75 Å². The number of ether oxygens (including phenoxy) is 2. The van der Waals surface area contributed by atoms with Crippen LogP contribution in [-0.4, -0.2) is 48.1 Å². The molecule has 30 heavy (non-hydrogen) atoms. The van der Waals surface area contributed by atoms with Crippen molar-refractivity contribution in [1.82, 2.24) is 9.88 Å². The molecule has 0 bridgehead atoms. The van der Waals surface area contributed by atoms with Crippen LogP contribution in [0.4, 0.5) is 0 Å². The molecule has 0 aliphatic carbocycles. The summed E-state index contributed by atoms with van der Waals surface area (Å²) in [6.45, 7) is 3.08. The Morgan fingerprint density at radius 3 is 2.43 bits per heavy atom. The highest BCUT2D eigenvalue weighted by molar-refractivity contribution is 6.05. The Balaban J connectivity index is 1.66. The molecule has 1 amide bonds. The average molecular weight is 404 g/mol. The summed E-state index contributed by atoms with van der Waals surface area (Å²) in [6, 6.07) is 16.6. The number of para-hydroxylation sites is 1. The van der Waals surface area contributed by atoms with Crippen molar-refractivity contribution in [1.29, 1.82) is 0 Å². The smallest absolute Gasteiger partial charge is 0.339 e. The van der Waals surface area contributed by atoms with Gasteiger partial charge >= 0.3 is 5.97 Å². The van der Waals surface area contributed by atoms with Crippen LogP contribution in [0, 0.1) is 0 Å². The van der Waals surface area contributed by atoms with Gasteiger partial charge in [0.15, 0.2) is 6.10 Å². The lowest BCUT2D eigenvalue weighted by molar-refractivity contribution is -0.138. The molecule has 1 aliphatic heterocycles. The lowest BCUT2D eigenvalue weighted by Gasteiger charge is -2.20. The van der Waals surface area contributed by atoms with Gasteiger partial charge in [-0.25, -0.2) is 9.78 Å². The number of benzene rings is 2. The number of hydrogen-bond acceptors (Lipinski definition) is 5. The first-order valence-corrected chi connectivity index (χ1v) is 10.1. The van der Waals surface area contributed by atoms with E-state index in [-0.39, 0.29) is 5.91 Å². The van der Waals surface area contributed by atoms with Crippen LogP contribution >= 0.6 is 0 Å². The molecule has 0 unspecified atom stereocenters. The number of hydrogen-bond donors (Lipinski definition) is 0. The van der Waals surface area contributed by atoms with E-state index >= 15 is 0 Å². The Labute approximate surface area is 175 Å². The topological polar surface area (TPSA) is 68.7 Å². The van der Waals surface area contributed by atoms with Crippen molar-refractivity contribution in [2.24, 2.45) is 0 Å². The summed E-state index contributed by atoms with van der Waals surface area (Å²) in [7, 11) is 1.61. The molecule has 6 nitrogen and oxygen atoms in total. The van der Waals surface area contributed by atoms with Gasteiger partial charge in [-0.1, -0.05) is 18.2 Å². The van der Waals surface area contributed by atoms with Gasteiger partial charge in [-0.2, -0.15) is 0 Å². The monoisotopic (exact) mass is 404 g/mol. The second kappa shape index (κ2) is 8.53. The van der Waals surface area contributed by atoms with Crippen LogP contribution in [0.15, 0.2) is 54.6 Å². The predicted molar refractivity (Wildman–Crippen MR) is 114 cm³/mol. The number of carbonyl (C=O) groups is 2. The maximum Gasteiger partial charge on any atom is 0.339 e. The molecule has 1 aliphatic rings. The first-order valence-electron chi connectivity index (χ1n) is 10.1. The predicted octanol–water partition coefficient (Wildman–Crippen LogP) is 4.08. The average Bonchev–Trinajstić information content (AvgIpc) is 3.32. The molecular weight excluding hydrogens is 380 g/mol. The van der Waals surface area contributed by atoms with Crippen LogP contribution in [0.3, 0.4) is 0 Å². The summed E-state index contributed by atoms with van der Waals surface area (Å²) in [5.74, 6) is 0.0754. The number of carbonyl (C=O) groups excluding carboxylic acids is 2. The molecule has 1 fully saturated rings. The number of fused-ring (bicyclic) bond motifs is 1. The lowest BCUT2D eigenvalue weighted by atomic mass is 10.0. The molecule has 1 aromatic heterocycles. The van der Waals surface area contributed by atoms with Crippen molar-refractivity contribution in [3.63, 3.8) is 0 Å². The minimum atomic E-state index is -0.827. The van der Waals surface area contributed by atoms with E-state index in [1.165, 1.54) is 0 Å². The van der Waals surface area contributed by atoms with E-state index in [0.29, 0.717) is 22.2 Å². The first-order chi connectivity index (χ1) is 14.6. The maximum atomic E-state index is 13.0. The largest absolute Gasteiger partial charge is 0.497 e. The van der Waals surface area contributed by atoms with Crippen LogP contribution in [0.2, 0.25) is 0 Å². The summed E-state index contributed by atoms with van der Waals surface area (Å²) < 4.78 is 10.8. The molecule has 154 valence electrons. The molecule has 2 aromatic carbocycles. The zero-order chi connectivity index (χ0) is 21.1. The Morgan fingerprint density at radius 1 is 1.03 bits per heavy atom. The minimum absolute atomic E-state index is 0.144. The second-order valence-electron chi connectivity index (χ2n) is 7.38. The van der Waals surface area contributed by atoms with E-state index in [4.69, 9.17) is 14.5 Å². The molecular formula is C24H24N2O4. The van der Waals surface area contributed by atoms with Crippen LogP contribution in [0.1, 0.15) is 30.1 Å². The number of likely N-dealkylation sites (tertiary alicyclic amines) is 1. The summed E-state index contributed by atoms with van der Waals surface area (Å²) in [4.78, 5) is 32.0. The van der Waals surface area contributed by atoms with E-state index in [1.807, 2.05) is 48.5 Å². The number of esters is 1. The van der Waals surface area contributed by atoms with Crippen LogP contribution < -0.4 is 4.74 Å². The van der Waals surface area contributed by atoms with Crippen molar-refractivity contribution in [2.45, 2.75) is 25.9 Å². The lowest BCUT2D eigenvalue weighted by Crippen LogP contribution is -2.38. The quantitative estimate of drug-likeness (QED) is 0.600. The maximum absolute atomic E-state index is 13.0. The zero-order valence-corrected chi connectivity index (χ0v) is 17.1. The van der Waals surface area contributed by atoms with E-state index in [2.05, 4.69) is 0 Å². The number of pyridine rings is 1. The Morgan fingerprint density at radius 2 is 1.73 bits per heavy atom. The van der Waals surface area contributed by atoms with E-state index in [0.717, 1.165) is 37.2 Å². The molecule has 0 N–H and O–H groups in total. The minimum Gasteiger partial charge on any atom is -0.497 e. The molecule has 2 heterocycles.